The Morgan fingerprint density at radius 3 is 2.47 bits per heavy atom. The van der Waals surface area contributed by atoms with Gasteiger partial charge in [0, 0.05) is 0 Å². The van der Waals surface area contributed by atoms with E-state index in [-0.39, 0.29) is 6.04 Å². The summed E-state index contributed by atoms with van der Waals surface area (Å²) in [4.78, 5) is 0. The largest absolute Gasteiger partial charge is 0.237 e. The van der Waals surface area contributed by atoms with E-state index in [0.29, 0.717) is 0 Å². The Labute approximate surface area is 99.7 Å². The van der Waals surface area contributed by atoms with E-state index in [4.69, 9.17) is 0 Å². The molecule has 3 rings (SSSR count). The monoisotopic (exact) mass is 223 g/mol. The van der Waals surface area contributed by atoms with Crippen LogP contribution in [0.1, 0.15) is 18.5 Å². The number of para-hydroxylation sites is 1. The Balaban J connectivity index is 2.10. The highest BCUT2D eigenvalue weighted by atomic mass is 15.4. The number of nitrogens with zero attached hydrogens (tertiary/aromatic N) is 3. The minimum atomic E-state index is 0.198. The van der Waals surface area contributed by atoms with E-state index in [0.717, 1.165) is 11.0 Å². The summed E-state index contributed by atoms with van der Waals surface area (Å²) in [5, 5.41) is 8.42. The van der Waals surface area contributed by atoms with Crippen molar-refractivity contribution in [2.45, 2.75) is 13.0 Å². The maximum atomic E-state index is 4.24. The minimum absolute atomic E-state index is 0.198. The quantitative estimate of drug-likeness (QED) is 0.668. The second kappa shape index (κ2) is 4.01. The summed E-state index contributed by atoms with van der Waals surface area (Å²) in [7, 11) is 0. The predicted octanol–water partition coefficient (Wildman–Crippen LogP) is 3.04. The molecule has 1 aromatic heterocycles. The molecule has 84 valence electrons. The summed E-state index contributed by atoms with van der Waals surface area (Å²) in [6, 6.07) is 18.6. The van der Waals surface area contributed by atoms with E-state index < -0.39 is 0 Å². The van der Waals surface area contributed by atoms with Crippen LogP contribution >= 0.6 is 0 Å². The zero-order valence-electron chi connectivity index (χ0n) is 9.62. The third-order valence-electron chi connectivity index (χ3n) is 3.03. The Hall–Kier alpha value is -2.16. The van der Waals surface area contributed by atoms with Crippen LogP contribution in [0.4, 0.5) is 0 Å². The Kier molecular flexibility index (Phi) is 2.37. The van der Waals surface area contributed by atoms with E-state index in [1.807, 2.05) is 41.1 Å². The van der Waals surface area contributed by atoms with Gasteiger partial charge in [-0.15, -0.1) is 5.10 Å². The minimum Gasteiger partial charge on any atom is -0.237 e. The molecule has 0 aliphatic carbocycles. The lowest BCUT2D eigenvalue weighted by atomic mass is 10.1. The van der Waals surface area contributed by atoms with E-state index >= 15 is 0 Å². The fourth-order valence-corrected chi connectivity index (χ4v) is 2.05. The second-order valence-corrected chi connectivity index (χ2v) is 4.11. The molecule has 0 fully saturated rings. The summed E-state index contributed by atoms with van der Waals surface area (Å²) >= 11 is 0. The van der Waals surface area contributed by atoms with Gasteiger partial charge in [-0.05, 0) is 24.6 Å². The van der Waals surface area contributed by atoms with Gasteiger partial charge in [0.05, 0.1) is 11.6 Å². The molecule has 3 aromatic rings. The zero-order chi connectivity index (χ0) is 11.7. The van der Waals surface area contributed by atoms with Gasteiger partial charge in [-0.3, -0.25) is 0 Å². The van der Waals surface area contributed by atoms with Gasteiger partial charge in [0.25, 0.3) is 0 Å². The third kappa shape index (κ3) is 1.69. The van der Waals surface area contributed by atoms with Crippen molar-refractivity contribution >= 4 is 11.0 Å². The SMILES string of the molecule is C[C@@H](c1ccccc1)n1nnc2ccccc21. The number of rotatable bonds is 2. The molecule has 0 radical (unpaired) electrons. The van der Waals surface area contributed by atoms with Crippen LogP contribution in [-0.2, 0) is 0 Å². The normalized spacial score (nSPS) is 12.8. The highest BCUT2D eigenvalue weighted by molar-refractivity contribution is 5.74. The summed E-state index contributed by atoms with van der Waals surface area (Å²) in [6.07, 6.45) is 0. The molecule has 0 saturated heterocycles. The van der Waals surface area contributed by atoms with Crippen LogP contribution in [0.5, 0.6) is 0 Å². The highest BCUT2D eigenvalue weighted by Crippen LogP contribution is 2.21. The summed E-state index contributed by atoms with van der Waals surface area (Å²) < 4.78 is 1.96. The molecule has 0 spiro atoms. The second-order valence-electron chi connectivity index (χ2n) is 4.11. The molecule has 0 N–H and O–H groups in total. The summed E-state index contributed by atoms with van der Waals surface area (Å²) in [5.74, 6) is 0. The number of hydrogen-bond donors (Lipinski definition) is 0. The Morgan fingerprint density at radius 2 is 1.65 bits per heavy atom. The first-order valence-electron chi connectivity index (χ1n) is 5.71. The molecule has 0 aliphatic rings. The van der Waals surface area contributed by atoms with Gasteiger partial charge in [-0.25, -0.2) is 4.68 Å². The number of benzene rings is 2. The van der Waals surface area contributed by atoms with Crippen molar-refractivity contribution < 1.29 is 0 Å². The number of hydrogen-bond acceptors (Lipinski definition) is 2. The molecule has 17 heavy (non-hydrogen) atoms. The van der Waals surface area contributed by atoms with Crippen LogP contribution in [0.2, 0.25) is 0 Å². The lowest BCUT2D eigenvalue weighted by Gasteiger charge is -2.12. The predicted molar refractivity (Wildman–Crippen MR) is 67.8 cm³/mol. The lowest BCUT2D eigenvalue weighted by molar-refractivity contribution is 0.560. The molecule has 3 nitrogen and oxygen atoms in total. The van der Waals surface area contributed by atoms with Crippen molar-refractivity contribution in [1.82, 2.24) is 15.0 Å². The van der Waals surface area contributed by atoms with E-state index in [2.05, 4.69) is 35.4 Å². The van der Waals surface area contributed by atoms with Gasteiger partial charge in [0.2, 0.25) is 0 Å². The van der Waals surface area contributed by atoms with E-state index in [1.54, 1.807) is 0 Å². The molecule has 0 saturated carbocycles. The van der Waals surface area contributed by atoms with Crippen LogP contribution in [0.15, 0.2) is 54.6 Å². The molecule has 1 atom stereocenters. The zero-order valence-corrected chi connectivity index (χ0v) is 9.62. The number of aromatic nitrogens is 3. The first-order valence-corrected chi connectivity index (χ1v) is 5.71. The van der Waals surface area contributed by atoms with Crippen LogP contribution in [0.25, 0.3) is 11.0 Å². The fourth-order valence-electron chi connectivity index (χ4n) is 2.05. The molecular formula is C14H13N3. The van der Waals surface area contributed by atoms with Gasteiger partial charge in [0.1, 0.15) is 5.52 Å². The van der Waals surface area contributed by atoms with Crippen molar-refractivity contribution in [3.8, 4) is 0 Å². The average Bonchev–Trinajstić information content (AvgIpc) is 2.83. The first kappa shape index (κ1) is 10.0. The van der Waals surface area contributed by atoms with Crippen molar-refractivity contribution in [2.75, 3.05) is 0 Å². The van der Waals surface area contributed by atoms with E-state index in [9.17, 15) is 0 Å². The summed E-state index contributed by atoms with van der Waals surface area (Å²) in [5.41, 5.74) is 3.25. The molecule has 3 heteroatoms. The van der Waals surface area contributed by atoms with Crippen molar-refractivity contribution in [2.24, 2.45) is 0 Å². The molecule has 1 heterocycles. The van der Waals surface area contributed by atoms with Crippen LogP contribution in [0.3, 0.4) is 0 Å². The molecule has 0 amide bonds. The van der Waals surface area contributed by atoms with Crippen LogP contribution in [-0.4, -0.2) is 15.0 Å². The maximum Gasteiger partial charge on any atom is 0.113 e. The first-order chi connectivity index (χ1) is 8.36. The van der Waals surface area contributed by atoms with Gasteiger partial charge < -0.3 is 0 Å². The maximum absolute atomic E-state index is 4.24. The lowest BCUT2D eigenvalue weighted by Crippen LogP contribution is -2.08. The highest BCUT2D eigenvalue weighted by Gasteiger charge is 2.11. The molecule has 0 unspecified atom stereocenters. The molecular weight excluding hydrogens is 210 g/mol. The Bertz CT molecular complexity index is 628. The fraction of sp³-hybridized carbons (Fsp3) is 0.143. The van der Waals surface area contributed by atoms with Crippen LogP contribution < -0.4 is 0 Å². The van der Waals surface area contributed by atoms with Crippen molar-refractivity contribution in [1.29, 1.82) is 0 Å². The standard InChI is InChI=1S/C14H13N3/c1-11(12-7-3-2-4-8-12)17-14-10-6-5-9-13(14)15-16-17/h2-11H,1H3/t11-/m0/s1. The smallest absolute Gasteiger partial charge is 0.113 e. The van der Waals surface area contributed by atoms with Crippen LogP contribution in [0, 0.1) is 0 Å². The van der Waals surface area contributed by atoms with Gasteiger partial charge >= 0.3 is 0 Å². The Morgan fingerprint density at radius 1 is 0.941 bits per heavy atom. The van der Waals surface area contributed by atoms with E-state index in [1.165, 1.54) is 5.56 Å². The van der Waals surface area contributed by atoms with Gasteiger partial charge in [0.15, 0.2) is 0 Å². The number of fused-ring (bicyclic) bond motifs is 1. The summed E-state index contributed by atoms with van der Waals surface area (Å²) in [6.45, 7) is 2.14. The van der Waals surface area contributed by atoms with Crippen molar-refractivity contribution in [3.63, 3.8) is 0 Å². The molecule has 0 aliphatic heterocycles. The molecule has 2 aromatic carbocycles. The van der Waals surface area contributed by atoms with Gasteiger partial charge in [-0.2, -0.15) is 0 Å². The van der Waals surface area contributed by atoms with Gasteiger partial charge in [-0.1, -0.05) is 47.7 Å². The molecule has 0 bridgehead atoms. The average molecular weight is 223 g/mol. The van der Waals surface area contributed by atoms with Crippen molar-refractivity contribution in [3.05, 3.63) is 60.2 Å². The third-order valence-corrected chi connectivity index (χ3v) is 3.03. The topological polar surface area (TPSA) is 30.7 Å².